The van der Waals surface area contributed by atoms with Gasteiger partial charge in [0.1, 0.15) is 0 Å². The van der Waals surface area contributed by atoms with Crippen LogP contribution in [0.25, 0.3) is 0 Å². The first-order valence-electron chi connectivity index (χ1n) is 8.61. The Morgan fingerprint density at radius 1 is 0.929 bits per heavy atom. The molecule has 28 heavy (non-hydrogen) atoms. The molecule has 0 saturated carbocycles. The summed E-state index contributed by atoms with van der Waals surface area (Å²) in [6.07, 6.45) is 2.79. The molecule has 2 aromatic carbocycles. The van der Waals surface area contributed by atoms with E-state index in [0.29, 0.717) is 16.9 Å². The summed E-state index contributed by atoms with van der Waals surface area (Å²) in [4.78, 5) is 29.0. The van der Waals surface area contributed by atoms with Crippen LogP contribution >= 0.6 is 0 Å². The van der Waals surface area contributed by atoms with Crippen molar-refractivity contribution in [3.8, 4) is 6.07 Å². The molecule has 0 unspecified atom stereocenters. The van der Waals surface area contributed by atoms with Crippen LogP contribution in [0.1, 0.15) is 37.4 Å². The Balaban J connectivity index is 1.76. The van der Waals surface area contributed by atoms with Crippen molar-refractivity contribution in [1.82, 2.24) is 4.98 Å². The average molecular weight is 370 g/mol. The molecule has 6 nitrogen and oxygen atoms in total. The molecule has 0 aliphatic rings. The van der Waals surface area contributed by atoms with Gasteiger partial charge in [0.05, 0.1) is 22.8 Å². The summed E-state index contributed by atoms with van der Waals surface area (Å²) in [5, 5.41) is 14.5. The van der Waals surface area contributed by atoms with Crippen molar-refractivity contribution in [2.24, 2.45) is 0 Å². The third-order valence-corrected chi connectivity index (χ3v) is 4.14. The lowest BCUT2D eigenvalue weighted by Gasteiger charge is -2.10. The predicted octanol–water partition coefficient (Wildman–Crippen LogP) is 4.07. The number of nitriles is 1. The van der Waals surface area contributed by atoms with E-state index in [2.05, 4.69) is 15.6 Å². The first-order chi connectivity index (χ1) is 13.5. The molecule has 0 saturated heterocycles. The molecule has 0 aliphatic carbocycles. The maximum Gasteiger partial charge on any atom is 0.257 e. The standard InChI is InChI=1S/C22H18N4O2/c1-14-6-7-20(15(2)8-14)26-22(28)18-10-17(12-24-13-18)21(27)25-19-5-3-4-16(9-19)11-23/h3-10,12-13H,1-2H3,(H,25,27)(H,26,28). The molecule has 1 heterocycles. The molecule has 6 heteroatoms. The number of hydrogen-bond donors (Lipinski definition) is 2. The predicted molar refractivity (Wildman–Crippen MR) is 107 cm³/mol. The van der Waals surface area contributed by atoms with Gasteiger partial charge in [0.2, 0.25) is 0 Å². The van der Waals surface area contributed by atoms with Gasteiger partial charge in [0, 0.05) is 23.8 Å². The van der Waals surface area contributed by atoms with E-state index in [0.717, 1.165) is 11.1 Å². The normalized spacial score (nSPS) is 10.0. The molecule has 3 rings (SSSR count). The number of rotatable bonds is 4. The minimum absolute atomic E-state index is 0.246. The van der Waals surface area contributed by atoms with Gasteiger partial charge in [0.15, 0.2) is 0 Å². The maximum absolute atomic E-state index is 12.5. The van der Waals surface area contributed by atoms with Crippen LogP contribution < -0.4 is 10.6 Å². The van der Waals surface area contributed by atoms with Gasteiger partial charge in [-0.15, -0.1) is 0 Å². The van der Waals surface area contributed by atoms with Crippen molar-refractivity contribution in [3.05, 3.63) is 88.7 Å². The van der Waals surface area contributed by atoms with Crippen LogP contribution in [0.4, 0.5) is 11.4 Å². The summed E-state index contributed by atoms with van der Waals surface area (Å²) in [5.41, 5.74) is 4.23. The number of aromatic nitrogens is 1. The van der Waals surface area contributed by atoms with Crippen molar-refractivity contribution in [1.29, 1.82) is 5.26 Å². The Bertz CT molecular complexity index is 1100. The van der Waals surface area contributed by atoms with Gasteiger partial charge >= 0.3 is 0 Å². The molecule has 0 fully saturated rings. The van der Waals surface area contributed by atoms with Gasteiger partial charge in [-0.05, 0) is 49.7 Å². The Morgan fingerprint density at radius 3 is 2.32 bits per heavy atom. The van der Waals surface area contributed by atoms with Crippen LogP contribution in [-0.4, -0.2) is 16.8 Å². The highest BCUT2D eigenvalue weighted by atomic mass is 16.2. The number of carbonyl (C=O) groups excluding carboxylic acids is 2. The smallest absolute Gasteiger partial charge is 0.257 e. The summed E-state index contributed by atoms with van der Waals surface area (Å²) in [6, 6.07) is 15.8. The zero-order valence-electron chi connectivity index (χ0n) is 15.5. The van der Waals surface area contributed by atoms with Gasteiger partial charge in [-0.25, -0.2) is 0 Å². The molecule has 138 valence electrons. The Labute approximate surface area is 162 Å². The van der Waals surface area contributed by atoms with Gasteiger partial charge in [-0.3, -0.25) is 14.6 Å². The van der Waals surface area contributed by atoms with Gasteiger partial charge in [0.25, 0.3) is 11.8 Å². The van der Waals surface area contributed by atoms with Crippen molar-refractivity contribution < 1.29 is 9.59 Å². The fourth-order valence-electron chi connectivity index (χ4n) is 2.71. The zero-order valence-corrected chi connectivity index (χ0v) is 15.5. The average Bonchev–Trinajstić information content (AvgIpc) is 2.70. The molecule has 1 aromatic heterocycles. The molecular formula is C22H18N4O2. The van der Waals surface area contributed by atoms with E-state index >= 15 is 0 Å². The van der Waals surface area contributed by atoms with Crippen LogP contribution in [0.3, 0.4) is 0 Å². The van der Waals surface area contributed by atoms with E-state index in [4.69, 9.17) is 5.26 Å². The summed E-state index contributed by atoms with van der Waals surface area (Å²) in [5.74, 6) is -0.760. The number of nitrogens with one attached hydrogen (secondary N) is 2. The highest BCUT2D eigenvalue weighted by Gasteiger charge is 2.13. The summed E-state index contributed by atoms with van der Waals surface area (Å²) in [7, 11) is 0. The molecule has 0 bridgehead atoms. The number of carbonyl (C=O) groups is 2. The number of amides is 2. The zero-order chi connectivity index (χ0) is 20.1. The van der Waals surface area contributed by atoms with Crippen LogP contribution in [0.5, 0.6) is 0 Å². The third-order valence-electron chi connectivity index (χ3n) is 4.14. The number of anilines is 2. The first-order valence-corrected chi connectivity index (χ1v) is 8.61. The van der Waals surface area contributed by atoms with Gasteiger partial charge in [-0.2, -0.15) is 5.26 Å². The van der Waals surface area contributed by atoms with Crippen molar-refractivity contribution in [2.45, 2.75) is 13.8 Å². The van der Waals surface area contributed by atoms with Gasteiger partial charge < -0.3 is 10.6 Å². The summed E-state index contributed by atoms with van der Waals surface area (Å²) >= 11 is 0. The number of aryl methyl sites for hydroxylation is 2. The largest absolute Gasteiger partial charge is 0.322 e. The lowest BCUT2D eigenvalue weighted by molar-refractivity contribution is 0.102. The van der Waals surface area contributed by atoms with Crippen molar-refractivity contribution in [3.63, 3.8) is 0 Å². The van der Waals surface area contributed by atoms with E-state index < -0.39 is 5.91 Å². The fourth-order valence-corrected chi connectivity index (χ4v) is 2.71. The minimum atomic E-state index is -0.413. The molecule has 0 atom stereocenters. The number of nitrogens with zero attached hydrogens (tertiary/aromatic N) is 2. The summed E-state index contributed by atoms with van der Waals surface area (Å²) in [6.45, 7) is 3.90. The quantitative estimate of drug-likeness (QED) is 0.723. The van der Waals surface area contributed by atoms with Crippen LogP contribution in [0.2, 0.25) is 0 Å². The first kappa shape index (κ1) is 18.8. The molecule has 2 N–H and O–H groups in total. The Morgan fingerprint density at radius 2 is 1.64 bits per heavy atom. The lowest BCUT2D eigenvalue weighted by atomic mass is 10.1. The molecule has 0 radical (unpaired) electrons. The van der Waals surface area contributed by atoms with Gasteiger partial charge in [-0.1, -0.05) is 23.8 Å². The van der Waals surface area contributed by atoms with Crippen molar-refractivity contribution >= 4 is 23.2 Å². The van der Waals surface area contributed by atoms with E-state index in [1.165, 1.54) is 18.5 Å². The topological polar surface area (TPSA) is 94.9 Å². The minimum Gasteiger partial charge on any atom is -0.322 e. The molecule has 0 aliphatic heterocycles. The van der Waals surface area contributed by atoms with Crippen molar-refractivity contribution in [2.75, 3.05) is 10.6 Å². The monoisotopic (exact) mass is 370 g/mol. The molecule has 0 spiro atoms. The van der Waals surface area contributed by atoms with E-state index in [1.807, 2.05) is 38.1 Å². The summed E-state index contributed by atoms with van der Waals surface area (Å²) < 4.78 is 0. The molecular weight excluding hydrogens is 352 g/mol. The highest BCUT2D eigenvalue weighted by Crippen LogP contribution is 2.18. The second-order valence-electron chi connectivity index (χ2n) is 6.38. The van der Waals surface area contributed by atoms with E-state index in [1.54, 1.807) is 24.3 Å². The lowest BCUT2D eigenvalue weighted by Crippen LogP contribution is -2.16. The second-order valence-corrected chi connectivity index (χ2v) is 6.38. The van der Waals surface area contributed by atoms with E-state index in [-0.39, 0.29) is 17.0 Å². The Kier molecular flexibility index (Phi) is 5.47. The van der Waals surface area contributed by atoms with Crippen LogP contribution in [0, 0.1) is 25.2 Å². The van der Waals surface area contributed by atoms with E-state index in [9.17, 15) is 9.59 Å². The maximum atomic E-state index is 12.5. The molecule has 3 aromatic rings. The Hall–Kier alpha value is -3.98. The third kappa shape index (κ3) is 4.40. The fraction of sp³-hybridized carbons (Fsp3) is 0.0909. The van der Waals surface area contributed by atoms with Crippen LogP contribution in [0.15, 0.2) is 60.9 Å². The number of pyridine rings is 1. The SMILES string of the molecule is Cc1ccc(NC(=O)c2cncc(C(=O)Nc3cccc(C#N)c3)c2)c(C)c1. The molecule has 2 amide bonds. The highest BCUT2D eigenvalue weighted by molar-refractivity contribution is 6.08. The second kappa shape index (κ2) is 8.14. The number of benzene rings is 2. The van der Waals surface area contributed by atoms with Crippen LogP contribution in [-0.2, 0) is 0 Å². The number of hydrogen-bond acceptors (Lipinski definition) is 4.